The lowest BCUT2D eigenvalue weighted by Gasteiger charge is -2.27. The average molecular weight is 290 g/mol. The molecule has 0 amide bonds. The Balaban J connectivity index is 1.67. The van der Waals surface area contributed by atoms with Gasteiger partial charge in [-0.2, -0.15) is 0 Å². The third-order valence-corrected chi connectivity index (χ3v) is 5.70. The van der Waals surface area contributed by atoms with Crippen LogP contribution in [-0.4, -0.2) is 57.4 Å². The molecule has 112 valence electrons. The van der Waals surface area contributed by atoms with Crippen LogP contribution in [-0.2, 0) is 14.8 Å². The highest BCUT2D eigenvalue weighted by atomic mass is 32.2. The van der Waals surface area contributed by atoms with Gasteiger partial charge in [-0.3, -0.25) is 0 Å². The molecule has 19 heavy (non-hydrogen) atoms. The van der Waals surface area contributed by atoms with Gasteiger partial charge in [-0.25, -0.2) is 12.7 Å². The molecular formula is C13H26N2O3S. The first-order valence-corrected chi connectivity index (χ1v) is 8.98. The van der Waals surface area contributed by atoms with E-state index in [1.54, 1.807) is 7.05 Å². The quantitative estimate of drug-likeness (QED) is 0.677. The highest BCUT2D eigenvalue weighted by molar-refractivity contribution is 7.89. The Morgan fingerprint density at radius 2 is 2.05 bits per heavy atom. The monoisotopic (exact) mass is 290 g/mol. The van der Waals surface area contributed by atoms with Gasteiger partial charge in [0.2, 0.25) is 10.0 Å². The molecule has 1 saturated heterocycles. The molecule has 2 fully saturated rings. The molecule has 1 N–H and O–H groups in total. The first-order chi connectivity index (χ1) is 9.08. The second-order valence-electron chi connectivity index (χ2n) is 5.67. The van der Waals surface area contributed by atoms with Crippen molar-refractivity contribution in [2.24, 2.45) is 0 Å². The summed E-state index contributed by atoms with van der Waals surface area (Å²) in [6.45, 7) is 2.07. The van der Waals surface area contributed by atoms with Crippen molar-refractivity contribution in [1.29, 1.82) is 0 Å². The van der Waals surface area contributed by atoms with Crippen molar-refractivity contribution in [3.63, 3.8) is 0 Å². The fourth-order valence-electron chi connectivity index (χ4n) is 2.36. The minimum Gasteiger partial charge on any atom is -0.377 e. The summed E-state index contributed by atoms with van der Waals surface area (Å²) in [7, 11) is -1.46. The largest absolute Gasteiger partial charge is 0.377 e. The number of hydrogen-bond donors (Lipinski definition) is 1. The normalized spacial score (nSPS) is 24.8. The van der Waals surface area contributed by atoms with Gasteiger partial charge in [-0.15, -0.1) is 0 Å². The minimum absolute atomic E-state index is 0.0816. The molecule has 1 heterocycles. The Labute approximate surface area is 116 Å². The predicted molar refractivity (Wildman–Crippen MR) is 75.6 cm³/mol. The Bertz CT molecular complexity index is 362. The number of ether oxygens (including phenoxy) is 1. The number of hydrogen-bond acceptors (Lipinski definition) is 4. The first-order valence-electron chi connectivity index (χ1n) is 7.37. The summed E-state index contributed by atoms with van der Waals surface area (Å²) in [4.78, 5) is 0. The van der Waals surface area contributed by atoms with E-state index in [1.807, 2.05) is 0 Å². The van der Waals surface area contributed by atoms with Crippen LogP contribution in [0.2, 0.25) is 0 Å². The molecule has 1 aliphatic heterocycles. The Morgan fingerprint density at radius 3 is 2.68 bits per heavy atom. The molecule has 0 aromatic heterocycles. The number of rotatable bonds is 8. The number of sulfonamides is 1. The summed E-state index contributed by atoms with van der Waals surface area (Å²) in [6.07, 6.45) is 6.47. The van der Waals surface area contributed by atoms with E-state index >= 15 is 0 Å². The molecule has 0 radical (unpaired) electrons. The standard InChI is InChI=1S/C13H26N2O3S/c1-15(11-13-5-2-3-9-18-13)19(16,17)10-4-8-14-12-6-7-12/h12-14H,2-11H2,1H3. The van der Waals surface area contributed by atoms with Crippen LogP contribution in [0.25, 0.3) is 0 Å². The average Bonchev–Trinajstić information content (AvgIpc) is 3.20. The Morgan fingerprint density at radius 1 is 1.26 bits per heavy atom. The van der Waals surface area contributed by atoms with E-state index in [1.165, 1.54) is 17.1 Å². The summed E-state index contributed by atoms with van der Waals surface area (Å²) in [6, 6.07) is 0.649. The van der Waals surface area contributed by atoms with Gasteiger partial charge in [-0.05, 0) is 45.1 Å². The van der Waals surface area contributed by atoms with Crippen molar-refractivity contribution in [1.82, 2.24) is 9.62 Å². The molecule has 2 rings (SSSR count). The predicted octanol–water partition coefficient (Wildman–Crippen LogP) is 0.959. The van der Waals surface area contributed by atoms with Crippen LogP contribution >= 0.6 is 0 Å². The van der Waals surface area contributed by atoms with Crippen molar-refractivity contribution in [3.8, 4) is 0 Å². The zero-order chi connectivity index (χ0) is 13.7. The van der Waals surface area contributed by atoms with Gasteiger partial charge in [-0.1, -0.05) is 0 Å². The van der Waals surface area contributed by atoms with Crippen molar-refractivity contribution >= 4 is 10.0 Å². The van der Waals surface area contributed by atoms with Gasteiger partial charge in [0.15, 0.2) is 0 Å². The lowest BCUT2D eigenvalue weighted by atomic mass is 10.1. The zero-order valence-corrected chi connectivity index (χ0v) is 12.6. The number of likely N-dealkylation sites (N-methyl/N-ethyl adjacent to an activating group) is 1. The fourth-order valence-corrected chi connectivity index (χ4v) is 3.57. The molecule has 2 aliphatic rings. The van der Waals surface area contributed by atoms with Crippen LogP contribution < -0.4 is 5.32 Å². The highest BCUT2D eigenvalue weighted by Crippen LogP contribution is 2.18. The maximum atomic E-state index is 12.1. The highest BCUT2D eigenvalue weighted by Gasteiger charge is 2.24. The summed E-state index contributed by atoms with van der Waals surface area (Å²) in [5.41, 5.74) is 0. The third-order valence-electron chi connectivity index (χ3n) is 3.80. The van der Waals surface area contributed by atoms with E-state index in [4.69, 9.17) is 4.74 Å². The van der Waals surface area contributed by atoms with Crippen molar-refractivity contribution in [2.75, 3.05) is 32.5 Å². The number of nitrogens with zero attached hydrogens (tertiary/aromatic N) is 1. The minimum atomic E-state index is -3.12. The zero-order valence-electron chi connectivity index (χ0n) is 11.8. The topological polar surface area (TPSA) is 58.6 Å². The molecule has 1 unspecified atom stereocenters. The van der Waals surface area contributed by atoms with Crippen LogP contribution in [0.15, 0.2) is 0 Å². The van der Waals surface area contributed by atoms with E-state index in [0.717, 1.165) is 32.4 Å². The molecule has 6 heteroatoms. The molecule has 1 atom stereocenters. The molecule has 0 aromatic rings. The van der Waals surface area contributed by atoms with Crippen molar-refractivity contribution in [2.45, 2.75) is 50.7 Å². The lowest BCUT2D eigenvalue weighted by molar-refractivity contribution is 0.00859. The molecule has 0 spiro atoms. The Hall–Kier alpha value is -0.170. The third kappa shape index (κ3) is 5.38. The van der Waals surface area contributed by atoms with Gasteiger partial charge in [0.25, 0.3) is 0 Å². The van der Waals surface area contributed by atoms with Gasteiger partial charge in [0.05, 0.1) is 11.9 Å². The Kier molecular flexibility index (Phi) is 5.62. The van der Waals surface area contributed by atoms with Crippen LogP contribution in [0, 0.1) is 0 Å². The maximum absolute atomic E-state index is 12.1. The van der Waals surface area contributed by atoms with Gasteiger partial charge in [0.1, 0.15) is 0 Å². The molecule has 1 aliphatic carbocycles. The second kappa shape index (κ2) is 7.02. The molecular weight excluding hydrogens is 264 g/mol. The van der Waals surface area contributed by atoms with Gasteiger partial charge in [0, 0.05) is 26.2 Å². The summed E-state index contributed by atoms with van der Waals surface area (Å²) >= 11 is 0. The first kappa shape index (κ1) is 15.2. The molecule has 5 nitrogen and oxygen atoms in total. The summed E-state index contributed by atoms with van der Waals surface area (Å²) in [5.74, 6) is 0.232. The van der Waals surface area contributed by atoms with E-state index in [-0.39, 0.29) is 11.9 Å². The molecule has 0 bridgehead atoms. The van der Waals surface area contributed by atoms with E-state index < -0.39 is 10.0 Å². The molecule has 0 aromatic carbocycles. The van der Waals surface area contributed by atoms with Crippen LogP contribution in [0.1, 0.15) is 38.5 Å². The summed E-state index contributed by atoms with van der Waals surface area (Å²) in [5, 5.41) is 3.34. The van der Waals surface area contributed by atoms with Crippen LogP contribution in [0.4, 0.5) is 0 Å². The maximum Gasteiger partial charge on any atom is 0.213 e. The van der Waals surface area contributed by atoms with Crippen LogP contribution in [0.5, 0.6) is 0 Å². The van der Waals surface area contributed by atoms with Gasteiger partial charge < -0.3 is 10.1 Å². The van der Waals surface area contributed by atoms with Crippen molar-refractivity contribution < 1.29 is 13.2 Å². The smallest absolute Gasteiger partial charge is 0.213 e. The van der Waals surface area contributed by atoms with E-state index in [0.29, 0.717) is 19.0 Å². The van der Waals surface area contributed by atoms with E-state index in [2.05, 4.69) is 5.32 Å². The van der Waals surface area contributed by atoms with E-state index in [9.17, 15) is 8.42 Å². The van der Waals surface area contributed by atoms with Gasteiger partial charge >= 0.3 is 0 Å². The number of nitrogens with one attached hydrogen (secondary N) is 1. The second-order valence-corrected chi connectivity index (χ2v) is 7.86. The van der Waals surface area contributed by atoms with Crippen LogP contribution in [0.3, 0.4) is 0 Å². The molecule has 1 saturated carbocycles. The summed E-state index contributed by atoms with van der Waals surface area (Å²) < 4.78 is 31.3. The SMILES string of the molecule is CN(CC1CCCCO1)S(=O)(=O)CCCNC1CC1. The fraction of sp³-hybridized carbons (Fsp3) is 1.00. The van der Waals surface area contributed by atoms with Crippen molar-refractivity contribution in [3.05, 3.63) is 0 Å². The lowest BCUT2D eigenvalue weighted by Crippen LogP contribution is -2.38.